The van der Waals surface area contributed by atoms with Crippen molar-refractivity contribution in [1.82, 2.24) is 15.1 Å². The van der Waals surface area contributed by atoms with Gasteiger partial charge in [0.25, 0.3) is 0 Å². The molecule has 2 aliphatic heterocycles. The van der Waals surface area contributed by atoms with Crippen LogP contribution in [0.2, 0.25) is 0 Å². The normalized spacial score (nSPS) is 21.9. The lowest BCUT2D eigenvalue weighted by Gasteiger charge is -2.38. The molecule has 0 aromatic heterocycles. The number of hydrogen-bond acceptors (Lipinski definition) is 3. The van der Waals surface area contributed by atoms with E-state index in [2.05, 4.69) is 46.3 Å². The summed E-state index contributed by atoms with van der Waals surface area (Å²) in [6.45, 7) is 9.92. The lowest BCUT2D eigenvalue weighted by Crippen LogP contribution is -2.43. The van der Waals surface area contributed by atoms with Crippen LogP contribution in [0.1, 0.15) is 51.0 Å². The van der Waals surface area contributed by atoms with Gasteiger partial charge < -0.3 is 15.0 Å². The molecule has 1 aromatic carbocycles. The van der Waals surface area contributed by atoms with Crippen LogP contribution in [0.15, 0.2) is 29.3 Å². The van der Waals surface area contributed by atoms with Gasteiger partial charge in [0, 0.05) is 32.7 Å². The zero-order valence-electron chi connectivity index (χ0n) is 18.7. The second-order valence-corrected chi connectivity index (χ2v) is 9.29. The Morgan fingerprint density at radius 1 is 1.13 bits per heavy atom. The first-order valence-corrected chi connectivity index (χ1v) is 11.6. The van der Waals surface area contributed by atoms with Gasteiger partial charge in [-0.1, -0.05) is 18.6 Å². The summed E-state index contributed by atoms with van der Waals surface area (Å²) >= 11 is 0. The molecule has 0 amide bonds. The van der Waals surface area contributed by atoms with E-state index < -0.39 is 0 Å². The summed E-state index contributed by atoms with van der Waals surface area (Å²) < 4.78 is 5.26. The minimum atomic E-state index is 0. The Morgan fingerprint density at radius 2 is 1.87 bits per heavy atom. The van der Waals surface area contributed by atoms with Gasteiger partial charge in [-0.05, 0) is 81.1 Å². The molecule has 168 valence electrons. The quantitative estimate of drug-likeness (QED) is 0.340. The molecule has 0 unspecified atom stereocenters. The average molecular weight is 527 g/mol. The molecule has 4 rings (SSSR count). The number of guanidine groups is 1. The summed E-state index contributed by atoms with van der Waals surface area (Å²) in [7, 11) is 1.72. The van der Waals surface area contributed by atoms with Crippen LogP contribution in [0.4, 0.5) is 0 Å². The van der Waals surface area contributed by atoms with E-state index in [1.807, 2.05) is 0 Å². The summed E-state index contributed by atoms with van der Waals surface area (Å²) in [6, 6.07) is 8.49. The van der Waals surface area contributed by atoms with Crippen molar-refractivity contribution in [2.45, 2.75) is 52.0 Å². The van der Waals surface area contributed by atoms with Crippen molar-refractivity contribution < 1.29 is 4.74 Å². The average Bonchev–Trinajstić information content (AvgIpc) is 3.19. The number of hydrogen-bond donors (Lipinski definition) is 1. The Bertz CT molecular complexity index is 681. The standard InChI is InChI=1S/C24H38N4O.HI/c1-3-25-23(28-16-13-24(19-28)11-4-12-24)26-17-20-9-14-27(15-10-20)18-21-5-7-22(29-2)8-6-21;/h5-8,20H,3-4,9-19H2,1-2H3,(H,25,26);1H. The van der Waals surface area contributed by atoms with E-state index in [4.69, 9.17) is 9.73 Å². The van der Waals surface area contributed by atoms with Crippen LogP contribution < -0.4 is 10.1 Å². The third-order valence-corrected chi connectivity index (χ3v) is 7.26. The first kappa shape index (κ1) is 23.6. The largest absolute Gasteiger partial charge is 0.497 e. The summed E-state index contributed by atoms with van der Waals surface area (Å²) in [6.07, 6.45) is 8.15. The van der Waals surface area contributed by atoms with E-state index in [-0.39, 0.29) is 24.0 Å². The highest BCUT2D eigenvalue weighted by Crippen LogP contribution is 2.47. The first-order chi connectivity index (χ1) is 14.2. The van der Waals surface area contributed by atoms with E-state index in [0.29, 0.717) is 5.41 Å². The lowest BCUT2D eigenvalue weighted by molar-refractivity contribution is 0.151. The predicted molar refractivity (Wildman–Crippen MR) is 135 cm³/mol. The van der Waals surface area contributed by atoms with E-state index >= 15 is 0 Å². The number of aliphatic imine (C=N–C) groups is 1. The van der Waals surface area contributed by atoms with Crippen LogP contribution >= 0.6 is 24.0 Å². The van der Waals surface area contributed by atoms with Gasteiger partial charge in [0.2, 0.25) is 0 Å². The predicted octanol–water partition coefficient (Wildman–Crippen LogP) is 4.37. The lowest BCUT2D eigenvalue weighted by atomic mass is 9.68. The number of benzene rings is 1. The Balaban J connectivity index is 0.00000256. The maximum atomic E-state index is 5.26. The van der Waals surface area contributed by atoms with E-state index in [1.165, 1.54) is 70.3 Å². The molecule has 30 heavy (non-hydrogen) atoms. The maximum Gasteiger partial charge on any atom is 0.193 e. The fourth-order valence-corrected chi connectivity index (χ4v) is 5.16. The van der Waals surface area contributed by atoms with E-state index in [0.717, 1.165) is 37.3 Å². The number of likely N-dealkylation sites (tertiary alicyclic amines) is 2. The molecular formula is C24H39IN4O. The van der Waals surface area contributed by atoms with Gasteiger partial charge in [-0.2, -0.15) is 0 Å². The molecule has 0 bridgehead atoms. The van der Waals surface area contributed by atoms with Crippen molar-refractivity contribution in [2.75, 3.05) is 46.4 Å². The molecule has 0 atom stereocenters. The second kappa shape index (κ2) is 11.0. The highest BCUT2D eigenvalue weighted by atomic mass is 127. The molecule has 5 nitrogen and oxygen atoms in total. The molecule has 1 N–H and O–H groups in total. The van der Waals surface area contributed by atoms with Crippen LogP contribution in [0.25, 0.3) is 0 Å². The fourth-order valence-electron chi connectivity index (χ4n) is 5.16. The van der Waals surface area contributed by atoms with Crippen molar-refractivity contribution in [3.8, 4) is 5.75 Å². The molecule has 1 aliphatic carbocycles. The second-order valence-electron chi connectivity index (χ2n) is 9.29. The first-order valence-electron chi connectivity index (χ1n) is 11.6. The molecular weight excluding hydrogens is 487 g/mol. The van der Waals surface area contributed by atoms with Crippen molar-refractivity contribution in [1.29, 1.82) is 0 Å². The Labute approximate surface area is 199 Å². The van der Waals surface area contributed by atoms with Crippen LogP contribution in [0.3, 0.4) is 0 Å². The van der Waals surface area contributed by atoms with E-state index in [1.54, 1.807) is 7.11 Å². The number of nitrogens with one attached hydrogen (secondary N) is 1. The van der Waals surface area contributed by atoms with Gasteiger partial charge in [-0.25, -0.2) is 0 Å². The molecule has 3 fully saturated rings. The number of halogens is 1. The molecule has 1 spiro atoms. The molecule has 1 saturated carbocycles. The van der Waals surface area contributed by atoms with E-state index in [9.17, 15) is 0 Å². The third kappa shape index (κ3) is 5.81. The van der Waals surface area contributed by atoms with Gasteiger partial charge in [0.05, 0.1) is 7.11 Å². The van der Waals surface area contributed by atoms with Crippen LogP contribution in [0, 0.1) is 11.3 Å². The van der Waals surface area contributed by atoms with Gasteiger partial charge in [0.1, 0.15) is 5.75 Å². The van der Waals surface area contributed by atoms with Crippen molar-refractivity contribution >= 4 is 29.9 Å². The van der Waals surface area contributed by atoms with Gasteiger partial charge in [-0.15, -0.1) is 24.0 Å². The SMILES string of the molecule is CCNC(=NCC1CCN(Cc2ccc(OC)cc2)CC1)N1CCC2(CCC2)C1.I. The third-order valence-electron chi connectivity index (χ3n) is 7.26. The van der Waals surface area contributed by atoms with Gasteiger partial charge in [-0.3, -0.25) is 9.89 Å². The smallest absolute Gasteiger partial charge is 0.193 e. The van der Waals surface area contributed by atoms with Crippen LogP contribution in [0.5, 0.6) is 5.75 Å². The molecule has 2 saturated heterocycles. The van der Waals surface area contributed by atoms with Crippen molar-refractivity contribution in [3.05, 3.63) is 29.8 Å². The molecule has 2 heterocycles. The molecule has 6 heteroatoms. The van der Waals surface area contributed by atoms with Crippen molar-refractivity contribution in [3.63, 3.8) is 0 Å². The molecule has 1 aromatic rings. The summed E-state index contributed by atoms with van der Waals surface area (Å²) in [5.74, 6) is 2.82. The monoisotopic (exact) mass is 526 g/mol. The Morgan fingerprint density at radius 3 is 2.43 bits per heavy atom. The number of ether oxygens (including phenoxy) is 1. The minimum Gasteiger partial charge on any atom is -0.497 e. The zero-order chi connectivity index (χ0) is 20.1. The summed E-state index contributed by atoms with van der Waals surface area (Å²) in [5.41, 5.74) is 2.00. The highest BCUT2D eigenvalue weighted by molar-refractivity contribution is 14.0. The number of nitrogens with zero attached hydrogens (tertiary/aromatic N) is 3. The zero-order valence-corrected chi connectivity index (χ0v) is 21.1. The summed E-state index contributed by atoms with van der Waals surface area (Å²) in [4.78, 5) is 10.2. The number of rotatable bonds is 6. The number of methoxy groups -OCH3 is 1. The van der Waals surface area contributed by atoms with Crippen LogP contribution in [-0.2, 0) is 6.54 Å². The summed E-state index contributed by atoms with van der Waals surface area (Å²) in [5, 5.41) is 3.56. The van der Waals surface area contributed by atoms with Gasteiger partial charge in [0.15, 0.2) is 5.96 Å². The highest BCUT2D eigenvalue weighted by Gasteiger charge is 2.43. The van der Waals surface area contributed by atoms with Crippen molar-refractivity contribution in [2.24, 2.45) is 16.3 Å². The van der Waals surface area contributed by atoms with Gasteiger partial charge >= 0.3 is 0 Å². The molecule has 3 aliphatic rings. The molecule has 0 radical (unpaired) electrons. The van der Waals surface area contributed by atoms with Crippen LogP contribution in [-0.4, -0.2) is 62.1 Å². The number of piperidine rings is 1. The fraction of sp³-hybridized carbons (Fsp3) is 0.708. The Kier molecular flexibility index (Phi) is 8.69. The topological polar surface area (TPSA) is 40.1 Å². The minimum absolute atomic E-state index is 0. The maximum absolute atomic E-state index is 5.26. The Hall–Kier alpha value is -1.02.